The van der Waals surface area contributed by atoms with Gasteiger partial charge in [0, 0.05) is 19.3 Å². The quantitative estimate of drug-likeness (QED) is 0.0261. The van der Waals surface area contributed by atoms with Gasteiger partial charge < -0.3 is 14.2 Å². The highest BCUT2D eigenvalue weighted by Crippen LogP contribution is 2.19. The van der Waals surface area contributed by atoms with Crippen LogP contribution in [-0.4, -0.2) is 37.2 Å². The lowest BCUT2D eigenvalue weighted by molar-refractivity contribution is -0.167. The number of ether oxygens (including phenoxy) is 3. The van der Waals surface area contributed by atoms with Gasteiger partial charge in [-0.3, -0.25) is 14.4 Å². The van der Waals surface area contributed by atoms with Gasteiger partial charge in [0.25, 0.3) is 0 Å². The third-order valence-corrected chi connectivity index (χ3v) is 16.9. The molecule has 0 heterocycles. The van der Waals surface area contributed by atoms with Gasteiger partial charge in [0.2, 0.25) is 0 Å². The molecule has 1 unspecified atom stereocenters. The topological polar surface area (TPSA) is 78.9 Å². The molecule has 0 aliphatic heterocycles. The highest BCUT2D eigenvalue weighted by molar-refractivity contribution is 5.71. The number of esters is 3. The van der Waals surface area contributed by atoms with E-state index < -0.39 is 6.10 Å². The second kappa shape index (κ2) is 70.4. The smallest absolute Gasteiger partial charge is 0.306 e. The van der Waals surface area contributed by atoms with Crippen LogP contribution < -0.4 is 0 Å². The lowest BCUT2D eigenvalue weighted by Crippen LogP contribution is -2.30. The van der Waals surface area contributed by atoms with Crippen LogP contribution in [0, 0.1) is 0 Å². The predicted octanol–water partition coefficient (Wildman–Crippen LogP) is 25.3. The summed E-state index contributed by atoms with van der Waals surface area (Å²) in [5.41, 5.74) is 0. The van der Waals surface area contributed by atoms with E-state index in [9.17, 15) is 14.4 Å². The lowest BCUT2D eigenvalue weighted by atomic mass is 10.0. The summed E-state index contributed by atoms with van der Waals surface area (Å²) in [6.07, 6.45) is 86.6. The molecule has 0 fully saturated rings. The van der Waals surface area contributed by atoms with E-state index in [2.05, 4.69) is 45.1 Å². The van der Waals surface area contributed by atoms with Crippen molar-refractivity contribution in [3.8, 4) is 0 Å². The van der Waals surface area contributed by atoms with E-state index in [1.807, 2.05) is 0 Å². The summed E-state index contributed by atoms with van der Waals surface area (Å²) in [7, 11) is 0. The molecule has 6 heteroatoms. The van der Waals surface area contributed by atoms with Gasteiger partial charge in [-0.2, -0.15) is 0 Å². The van der Waals surface area contributed by atoms with Gasteiger partial charge in [-0.05, 0) is 70.6 Å². The molecule has 1 atom stereocenters. The molecule has 0 aliphatic rings. The molecular formula is C75H142O6. The average Bonchev–Trinajstić information content (AvgIpc) is 3.47. The molecule has 0 aromatic rings. The molecule has 0 aromatic carbocycles. The summed E-state index contributed by atoms with van der Waals surface area (Å²) in [6.45, 7) is 6.69. The number of rotatable bonds is 69. The van der Waals surface area contributed by atoms with Gasteiger partial charge in [0.1, 0.15) is 13.2 Å². The fourth-order valence-corrected chi connectivity index (χ4v) is 11.4. The normalized spacial score (nSPS) is 12.1. The molecule has 0 amide bonds. The third-order valence-electron chi connectivity index (χ3n) is 16.9. The maximum Gasteiger partial charge on any atom is 0.306 e. The highest BCUT2D eigenvalue weighted by Gasteiger charge is 2.20. The Morgan fingerprint density at radius 2 is 0.407 bits per heavy atom. The van der Waals surface area contributed by atoms with Crippen LogP contribution in [0.5, 0.6) is 0 Å². The van der Waals surface area contributed by atoms with E-state index in [1.54, 1.807) is 0 Å². The van der Waals surface area contributed by atoms with Crippen molar-refractivity contribution in [2.75, 3.05) is 13.2 Å². The largest absolute Gasteiger partial charge is 0.462 e. The molecule has 0 saturated carbocycles. The Labute approximate surface area is 506 Å². The van der Waals surface area contributed by atoms with Gasteiger partial charge in [-0.15, -0.1) is 0 Å². The summed E-state index contributed by atoms with van der Waals surface area (Å²) in [5.74, 6) is -0.844. The molecule has 0 aromatic heterocycles. The van der Waals surface area contributed by atoms with E-state index >= 15 is 0 Å². The fourth-order valence-electron chi connectivity index (χ4n) is 11.4. The molecule has 0 spiro atoms. The van der Waals surface area contributed by atoms with Crippen molar-refractivity contribution in [3.05, 3.63) is 24.3 Å². The number of carbonyl (C=O) groups excluding carboxylic acids is 3. The Morgan fingerprint density at radius 3 is 0.642 bits per heavy atom. The highest BCUT2D eigenvalue weighted by atomic mass is 16.6. The zero-order valence-electron chi connectivity index (χ0n) is 55.1. The lowest BCUT2D eigenvalue weighted by Gasteiger charge is -2.18. The van der Waals surface area contributed by atoms with Crippen LogP contribution in [0.2, 0.25) is 0 Å². The van der Waals surface area contributed by atoms with E-state index in [0.717, 1.165) is 64.2 Å². The summed E-state index contributed by atoms with van der Waals surface area (Å²) >= 11 is 0. The van der Waals surface area contributed by atoms with Gasteiger partial charge >= 0.3 is 17.9 Å². The fraction of sp³-hybridized carbons (Fsp3) is 0.907. The van der Waals surface area contributed by atoms with Crippen LogP contribution >= 0.6 is 0 Å². The van der Waals surface area contributed by atoms with E-state index in [-0.39, 0.29) is 31.1 Å². The number of hydrogen-bond donors (Lipinski definition) is 0. The van der Waals surface area contributed by atoms with Crippen molar-refractivity contribution < 1.29 is 28.6 Å². The minimum Gasteiger partial charge on any atom is -0.462 e. The van der Waals surface area contributed by atoms with Crippen LogP contribution in [0.25, 0.3) is 0 Å². The molecule has 0 aliphatic carbocycles. The number of carbonyl (C=O) groups is 3. The molecule has 0 radical (unpaired) electrons. The Kier molecular flexibility index (Phi) is 68.5. The molecule has 6 nitrogen and oxygen atoms in total. The third kappa shape index (κ3) is 68.6. The van der Waals surface area contributed by atoms with Crippen LogP contribution in [0.4, 0.5) is 0 Å². The molecule has 81 heavy (non-hydrogen) atoms. The maximum atomic E-state index is 12.9. The van der Waals surface area contributed by atoms with Crippen molar-refractivity contribution in [2.24, 2.45) is 0 Å². The van der Waals surface area contributed by atoms with Crippen molar-refractivity contribution in [1.82, 2.24) is 0 Å². The summed E-state index contributed by atoms with van der Waals surface area (Å²) in [5, 5.41) is 0. The van der Waals surface area contributed by atoms with Gasteiger partial charge in [0.05, 0.1) is 0 Å². The minimum absolute atomic E-state index is 0.0671. The summed E-state index contributed by atoms with van der Waals surface area (Å²) < 4.78 is 17.0. The van der Waals surface area contributed by atoms with Crippen LogP contribution in [0.15, 0.2) is 24.3 Å². The van der Waals surface area contributed by atoms with E-state index in [0.29, 0.717) is 19.3 Å². The second-order valence-corrected chi connectivity index (χ2v) is 25.2. The van der Waals surface area contributed by atoms with E-state index in [1.165, 1.54) is 315 Å². The predicted molar refractivity (Wildman–Crippen MR) is 353 cm³/mol. The zero-order valence-corrected chi connectivity index (χ0v) is 55.1. The van der Waals surface area contributed by atoms with Gasteiger partial charge in [-0.25, -0.2) is 0 Å². The Balaban J connectivity index is 4.07. The summed E-state index contributed by atoms with van der Waals surface area (Å²) in [4.78, 5) is 38.4. The van der Waals surface area contributed by atoms with Crippen molar-refractivity contribution in [2.45, 2.75) is 425 Å². The SMILES string of the molecule is CCCCC/C=C\CCCCCCCC(=O)OCC(COC(=O)CCCCCCCCCCCCCCCCCCCCCCC/C=C\CCCCCCCCCC)OC(=O)CCCCCCCCCCCCCCCCCCCC. The molecule has 0 N–H and O–H groups in total. The number of hydrogen-bond acceptors (Lipinski definition) is 6. The zero-order chi connectivity index (χ0) is 58.5. The average molecular weight is 1140 g/mol. The monoisotopic (exact) mass is 1140 g/mol. The van der Waals surface area contributed by atoms with Crippen LogP contribution in [0.1, 0.15) is 419 Å². The first-order chi connectivity index (χ1) is 40.0. The van der Waals surface area contributed by atoms with Crippen LogP contribution in [-0.2, 0) is 28.6 Å². The van der Waals surface area contributed by atoms with Crippen molar-refractivity contribution in [1.29, 1.82) is 0 Å². The van der Waals surface area contributed by atoms with Gasteiger partial charge in [-0.1, -0.05) is 353 Å². The summed E-state index contributed by atoms with van der Waals surface area (Å²) in [6, 6.07) is 0. The Hall–Kier alpha value is -2.11. The van der Waals surface area contributed by atoms with Crippen molar-refractivity contribution >= 4 is 17.9 Å². The molecular weight excluding hydrogens is 997 g/mol. The number of unbranched alkanes of at least 4 members (excludes halogenated alkanes) is 54. The molecule has 478 valence electrons. The first-order valence-corrected chi connectivity index (χ1v) is 36.8. The van der Waals surface area contributed by atoms with Crippen LogP contribution in [0.3, 0.4) is 0 Å². The first-order valence-electron chi connectivity index (χ1n) is 36.8. The molecule has 0 saturated heterocycles. The molecule has 0 bridgehead atoms. The first kappa shape index (κ1) is 78.9. The number of allylic oxidation sites excluding steroid dienone is 4. The second-order valence-electron chi connectivity index (χ2n) is 25.2. The standard InChI is InChI=1S/C75H142O6/c1-4-7-10-13-16-19-22-25-27-29-31-32-33-34-35-36-37-38-39-40-41-42-43-44-45-47-48-50-53-56-59-62-65-68-74(77)80-71-72(70-79-73(76)67-64-61-58-55-52-24-21-18-15-12-9-6-3)81-75(78)69-66-63-60-57-54-51-49-46-30-28-26-23-20-17-14-11-8-5-2/h18,21,29,31,72H,4-17,19-20,22-28,30,32-71H2,1-3H3/b21-18-,31-29-. The van der Waals surface area contributed by atoms with Crippen molar-refractivity contribution in [3.63, 3.8) is 0 Å². The minimum atomic E-state index is -0.771. The van der Waals surface area contributed by atoms with E-state index in [4.69, 9.17) is 14.2 Å². The Bertz CT molecular complexity index is 1310. The van der Waals surface area contributed by atoms with Gasteiger partial charge in [0.15, 0.2) is 6.10 Å². The maximum absolute atomic E-state index is 12.9. The molecule has 0 rings (SSSR count). The Morgan fingerprint density at radius 1 is 0.235 bits per heavy atom.